The van der Waals surface area contributed by atoms with Crippen molar-refractivity contribution in [2.45, 2.75) is 33.2 Å². The number of benzene rings is 1. The molecule has 2 atom stereocenters. The van der Waals surface area contributed by atoms with Crippen molar-refractivity contribution in [2.24, 2.45) is 11.8 Å². The summed E-state index contributed by atoms with van der Waals surface area (Å²) in [6.07, 6.45) is 1.63. The molecule has 2 aliphatic rings. The summed E-state index contributed by atoms with van der Waals surface area (Å²) in [5.74, 6) is 1.40. The molecule has 6 heteroatoms. The second-order valence-corrected chi connectivity index (χ2v) is 10.2. The van der Waals surface area contributed by atoms with Gasteiger partial charge in [-0.1, -0.05) is 38.1 Å². The Morgan fingerprint density at radius 1 is 1.07 bits per heavy atom. The fourth-order valence-electron chi connectivity index (χ4n) is 4.67. The van der Waals surface area contributed by atoms with Crippen molar-refractivity contribution >= 4 is 17.2 Å². The third kappa shape index (κ3) is 5.48. The molecular formula is C24H34N4OS. The van der Waals surface area contributed by atoms with Gasteiger partial charge in [0.2, 0.25) is 5.91 Å². The van der Waals surface area contributed by atoms with Gasteiger partial charge in [0, 0.05) is 56.8 Å². The first-order valence-electron chi connectivity index (χ1n) is 11.2. The van der Waals surface area contributed by atoms with E-state index in [0.29, 0.717) is 18.3 Å². The molecule has 2 aliphatic heterocycles. The summed E-state index contributed by atoms with van der Waals surface area (Å²) in [5.41, 5.74) is 3.39. The van der Waals surface area contributed by atoms with Crippen molar-refractivity contribution < 1.29 is 4.79 Å². The lowest BCUT2D eigenvalue weighted by atomic mass is 9.92. The van der Waals surface area contributed by atoms with Crippen molar-refractivity contribution in [2.75, 3.05) is 46.3 Å². The highest BCUT2D eigenvalue weighted by Crippen LogP contribution is 2.26. The number of carbonyl (C=O) groups excluding carboxylic acids is 1. The lowest BCUT2D eigenvalue weighted by Gasteiger charge is -2.35. The molecular weight excluding hydrogens is 392 g/mol. The van der Waals surface area contributed by atoms with Crippen LogP contribution in [0, 0.1) is 11.8 Å². The van der Waals surface area contributed by atoms with Crippen LogP contribution in [-0.4, -0.2) is 71.9 Å². The van der Waals surface area contributed by atoms with Crippen LogP contribution < -0.4 is 0 Å². The fourth-order valence-corrected chi connectivity index (χ4v) is 5.50. The van der Waals surface area contributed by atoms with Crippen LogP contribution in [0.1, 0.15) is 31.5 Å². The number of hydrogen-bond donors (Lipinski definition) is 0. The van der Waals surface area contributed by atoms with Crippen LogP contribution in [0.4, 0.5) is 0 Å². The minimum Gasteiger partial charge on any atom is -0.342 e. The standard InChI is InChI=1S/C24H34N4OS/c1-18-12-19(2)15-28(14-18)23(29)13-22-17-30-24(25-22)21-6-4-20(5-7-21)16-27-10-8-26(3)9-11-27/h4-7,17-19H,8-16H2,1-3H3. The Hall–Kier alpha value is -1.76. The van der Waals surface area contributed by atoms with Crippen molar-refractivity contribution in [3.8, 4) is 10.6 Å². The summed E-state index contributed by atoms with van der Waals surface area (Å²) in [6.45, 7) is 11.8. The van der Waals surface area contributed by atoms with Crippen LogP contribution in [-0.2, 0) is 17.8 Å². The van der Waals surface area contributed by atoms with Gasteiger partial charge < -0.3 is 9.80 Å². The minimum atomic E-state index is 0.216. The first-order chi connectivity index (χ1) is 14.5. The Balaban J connectivity index is 1.34. The second-order valence-electron chi connectivity index (χ2n) is 9.34. The molecule has 5 nitrogen and oxygen atoms in total. The molecule has 0 aliphatic carbocycles. The first kappa shape index (κ1) is 21.5. The van der Waals surface area contributed by atoms with Crippen LogP contribution in [0.2, 0.25) is 0 Å². The number of piperazine rings is 1. The molecule has 4 rings (SSSR count). The number of piperidine rings is 1. The molecule has 0 spiro atoms. The SMILES string of the molecule is CC1CC(C)CN(C(=O)Cc2csc(-c3ccc(CN4CCN(C)CC4)cc3)n2)C1. The number of likely N-dealkylation sites (tertiary alicyclic amines) is 1. The number of amides is 1. The van der Waals surface area contributed by atoms with Gasteiger partial charge in [0.15, 0.2) is 0 Å². The molecule has 0 saturated carbocycles. The van der Waals surface area contributed by atoms with Gasteiger partial charge in [-0.2, -0.15) is 0 Å². The number of aromatic nitrogens is 1. The molecule has 0 N–H and O–H groups in total. The highest BCUT2D eigenvalue weighted by Gasteiger charge is 2.25. The number of likely N-dealkylation sites (N-methyl/N-ethyl adjacent to an activating group) is 1. The van der Waals surface area contributed by atoms with E-state index >= 15 is 0 Å². The summed E-state index contributed by atoms with van der Waals surface area (Å²) < 4.78 is 0. The number of nitrogens with zero attached hydrogens (tertiary/aromatic N) is 4. The summed E-state index contributed by atoms with van der Waals surface area (Å²) in [7, 11) is 2.19. The summed E-state index contributed by atoms with van der Waals surface area (Å²) in [5, 5.41) is 3.05. The monoisotopic (exact) mass is 426 g/mol. The van der Waals surface area contributed by atoms with Crippen LogP contribution in [0.5, 0.6) is 0 Å². The minimum absolute atomic E-state index is 0.216. The van der Waals surface area contributed by atoms with E-state index in [-0.39, 0.29) is 5.91 Å². The molecule has 30 heavy (non-hydrogen) atoms. The smallest absolute Gasteiger partial charge is 0.228 e. The molecule has 2 saturated heterocycles. The van der Waals surface area contributed by atoms with E-state index in [1.165, 1.54) is 12.0 Å². The fraction of sp³-hybridized carbons (Fsp3) is 0.583. The molecule has 1 aromatic carbocycles. The quantitative estimate of drug-likeness (QED) is 0.732. The van der Waals surface area contributed by atoms with E-state index in [1.54, 1.807) is 11.3 Å². The van der Waals surface area contributed by atoms with Crippen molar-refractivity contribution in [1.29, 1.82) is 0 Å². The Morgan fingerprint density at radius 3 is 2.40 bits per heavy atom. The van der Waals surface area contributed by atoms with Gasteiger partial charge in [-0.15, -0.1) is 11.3 Å². The van der Waals surface area contributed by atoms with Gasteiger partial charge >= 0.3 is 0 Å². The largest absolute Gasteiger partial charge is 0.342 e. The molecule has 0 radical (unpaired) electrons. The predicted octanol–water partition coefficient (Wildman–Crippen LogP) is 3.60. The van der Waals surface area contributed by atoms with Gasteiger partial charge in [-0.3, -0.25) is 9.69 Å². The Kier molecular flexibility index (Phi) is 6.86. The normalized spacial score (nSPS) is 23.6. The third-order valence-corrected chi connectivity index (χ3v) is 7.25. The van der Waals surface area contributed by atoms with Crippen LogP contribution >= 0.6 is 11.3 Å². The number of thiazole rings is 1. The molecule has 0 bridgehead atoms. The van der Waals surface area contributed by atoms with Crippen molar-refractivity contribution in [1.82, 2.24) is 19.7 Å². The molecule has 1 aromatic heterocycles. The highest BCUT2D eigenvalue weighted by molar-refractivity contribution is 7.13. The zero-order valence-corrected chi connectivity index (χ0v) is 19.3. The van der Waals surface area contributed by atoms with Gasteiger partial charge in [0.05, 0.1) is 12.1 Å². The van der Waals surface area contributed by atoms with Crippen LogP contribution in [0.15, 0.2) is 29.6 Å². The highest BCUT2D eigenvalue weighted by atomic mass is 32.1. The van der Waals surface area contributed by atoms with E-state index < -0.39 is 0 Å². The van der Waals surface area contributed by atoms with Crippen molar-refractivity contribution in [3.05, 3.63) is 40.9 Å². The topological polar surface area (TPSA) is 39.7 Å². The summed E-state index contributed by atoms with van der Waals surface area (Å²) in [6, 6.07) is 8.78. The number of hydrogen-bond acceptors (Lipinski definition) is 5. The van der Waals surface area contributed by atoms with Gasteiger partial charge in [-0.25, -0.2) is 4.98 Å². The number of rotatable bonds is 5. The zero-order valence-electron chi connectivity index (χ0n) is 18.5. The van der Waals surface area contributed by atoms with E-state index in [9.17, 15) is 4.79 Å². The van der Waals surface area contributed by atoms with Crippen LogP contribution in [0.3, 0.4) is 0 Å². The Labute approximate surface area is 184 Å². The molecule has 162 valence electrons. The van der Waals surface area contributed by atoms with E-state index in [4.69, 9.17) is 4.98 Å². The van der Waals surface area contributed by atoms with Gasteiger partial charge in [0.1, 0.15) is 5.01 Å². The van der Waals surface area contributed by atoms with Crippen molar-refractivity contribution in [3.63, 3.8) is 0 Å². The van der Waals surface area contributed by atoms with E-state index in [1.807, 2.05) is 10.3 Å². The van der Waals surface area contributed by atoms with Gasteiger partial charge in [-0.05, 0) is 30.9 Å². The maximum Gasteiger partial charge on any atom is 0.228 e. The molecule has 3 heterocycles. The van der Waals surface area contributed by atoms with E-state index in [2.05, 4.69) is 55.0 Å². The molecule has 1 amide bonds. The Bertz CT molecular complexity index is 831. The zero-order chi connectivity index (χ0) is 21.1. The molecule has 2 fully saturated rings. The predicted molar refractivity (Wildman–Crippen MR) is 124 cm³/mol. The molecule has 2 aromatic rings. The van der Waals surface area contributed by atoms with E-state index in [0.717, 1.165) is 62.1 Å². The molecule has 2 unspecified atom stereocenters. The average Bonchev–Trinajstić information content (AvgIpc) is 3.18. The lowest BCUT2D eigenvalue weighted by molar-refractivity contribution is -0.133. The average molecular weight is 427 g/mol. The summed E-state index contributed by atoms with van der Waals surface area (Å²) >= 11 is 1.64. The summed E-state index contributed by atoms with van der Waals surface area (Å²) in [4.78, 5) is 24.4. The van der Waals surface area contributed by atoms with Gasteiger partial charge in [0.25, 0.3) is 0 Å². The number of carbonyl (C=O) groups is 1. The van der Waals surface area contributed by atoms with Crippen LogP contribution in [0.25, 0.3) is 10.6 Å². The lowest BCUT2D eigenvalue weighted by Crippen LogP contribution is -2.43. The Morgan fingerprint density at radius 2 is 1.73 bits per heavy atom. The first-order valence-corrected chi connectivity index (χ1v) is 12.1. The second kappa shape index (κ2) is 9.58. The maximum atomic E-state index is 12.7. The maximum absolute atomic E-state index is 12.7. The third-order valence-electron chi connectivity index (χ3n) is 6.31.